The van der Waals surface area contributed by atoms with Crippen LogP contribution < -0.4 is 11.1 Å². The molecule has 0 aliphatic heterocycles. The van der Waals surface area contributed by atoms with E-state index in [-0.39, 0.29) is 5.91 Å². The molecule has 2 heterocycles. The number of nitrogens with one attached hydrogen (secondary N) is 1. The van der Waals surface area contributed by atoms with Gasteiger partial charge in [0.25, 0.3) is 5.91 Å². The van der Waals surface area contributed by atoms with Crippen molar-refractivity contribution in [2.24, 2.45) is 0 Å². The molecule has 1 amide bonds. The number of carbonyl (C=O) groups is 1. The van der Waals surface area contributed by atoms with Crippen molar-refractivity contribution in [3.8, 4) is 0 Å². The van der Waals surface area contributed by atoms with Crippen LogP contribution in [0.25, 0.3) is 10.1 Å². The molecular formula is C13H15N3OS. The molecule has 0 radical (unpaired) electrons. The number of hydrogen-bond acceptors (Lipinski definition) is 4. The van der Waals surface area contributed by atoms with Crippen molar-refractivity contribution in [1.82, 2.24) is 10.3 Å². The van der Waals surface area contributed by atoms with Crippen LogP contribution in [0, 0.1) is 13.8 Å². The Labute approximate surface area is 109 Å². The Morgan fingerprint density at radius 1 is 1.50 bits per heavy atom. The van der Waals surface area contributed by atoms with Gasteiger partial charge in [0.05, 0.1) is 5.69 Å². The summed E-state index contributed by atoms with van der Waals surface area (Å²) in [6.45, 7) is 3.88. The highest BCUT2D eigenvalue weighted by molar-refractivity contribution is 7.21. The molecule has 3 N–H and O–H groups in total. The lowest BCUT2D eigenvalue weighted by atomic mass is 10.2. The fourth-order valence-corrected chi connectivity index (χ4v) is 3.30. The maximum atomic E-state index is 12.1. The highest BCUT2D eigenvalue weighted by Crippen LogP contribution is 2.36. The Bertz CT molecular complexity index is 643. The first-order valence-electron chi connectivity index (χ1n) is 6.03. The summed E-state index contributed by atoms with van der Waals surface area (Å²) in [6.07, 6.45) is 2.16. The molecule has 1 aliphatic rings. The third-order valence-electron chi connectivity index (χ3n) is 3.14. The van der Waals surface area contributed by atoms with E-state index in [0.29, 0.717) is 16.6 Å². The van der Waals surface area contributed by atoms with E-state index in [1.54, 1.807) is 0 Å². The fraction of sp³-hybridized carbons (Fsp3) is 0.385. The van der Waals surface area contributed by atoms with Crippen LogP contribution in [-0.2, 0) is 0 Å². The van der Waals surface area contributed by atoms with Gasteiger partial charge in [0.1, 0.15) is 4.88 Å². The quantitative estimate of drug-likeness (QED) is 0.872. The van der Waals surface area contributed by atoms with E-state index in [2.05, 4.69) is 10.3 Å². The lowest BCUT2D eigenvalue weighted by molar-refractivity contribution is 0.0956. The van der Waals surface area contributed by atoms with Crippen molar-refractivity contribution in [3.63, 3.8) is 0 Å². The molecule has 4 nitrogen and oxygen atoms in total. The maximum absolute atomic E-state index is 12.1. The lowest BCUT2D eigenvalue weighted by Crippen LogP contribution is -2.25. The van der Waals surface area contributed by atoms with Crippen molar-refractivity contribution in [3.05, 3.63) is 22.3 Å². The van der Waals surface area contributed by atoms with E-state index in [0.717, 1.165) is 34.3 Å². The number of anilines is 1. The second-order valence-electron chi connectivity index (χ2n) is 4.81. The number of fused-ring (bicyclic) bond motifs is 1. The standard InChI is InChI=1S/C13H15N3OS/c1-6-5-9-10(7(2)15-6)11(14)12(18-9)13(17)16-8-3-4-8/h5,8H,3-4,14H2,1-2H3,(H,16,17). The topological polar surface area (TPSA) is 68.0 Å². The molecule has 1 aliphatic carbocycles. The minimum Gasteiger partial charge on any atom is -0.397 e. The zero-order chi connectivity index (χ0) is 12.9. The van der Waals surface area contributed by atoms with Crippen LogP contribution in [0.2, 0.25) is 0 Å². The number of aryl methyl sites for hydroxylation is 2. The number of nitrogen functional groups attached to an aromatic ring is 1. The van der Waals surface area contributed by atoms with E-state index < -0.39 is 0 Å². The van der Waals surface area contributed by atoms with Crippen LogP contribution in [0.3, 0.4) is 0 Å². The monoisotopic (exact) mass is 261 g/mol. The van der Waals surface area contributed by atoms with Crippen LogP contribution in [-0.4, -0.2) is 16.9 Å². The van der Waals surface area contributed by atoms with Crippen molar-refractivity contribution in [1.29, 1.82) is 0 Å². The predicted octanol–water partition coefficient (Wildman–Crippen LogP) is 2.39. The van der Waals surface area contributed by atoms with Crippen LogP contribution in [0.5, 0.6) is 0 Å². The summed E-state index contributed by atoms with van der Waals surface area (Å²) in [5.41, 5.74) is 8.51. The van der Waals surface area contributed by atoms with Gasteiger partial charge in [0.15, 0.2) is 0 Å². The van der Waals surface area contributed by atoms with E-state index in [1.807, 2.05) is 19.9 Å². The summed E-state index contributed by atoms with van der Waals surface area (Å²) in [5, 5.41) is 3.90. The number of rotatable bonds is 2. The molecule has 0 spiro atoms. The van der Waals surface area contributed by atoms with E-state index in [4.69, 9.17) is 5.73 Å². The van der Waals surface area contributed by atoms with Gasteiger partial charge < -0.3 is 11.1 Å². The molecule has 2 aromatic heterocycles. The number of nitrogens with zero attached hydrogens (tertiary/aromatic N) is 1. The van der Waals surface area contributed by atoms with Crippen LogP contribution in [0.4, 0.5) is 5.69 Å². The third-order valence-corrected chi connectivity index (χ3v) is 4.29. The summed E-state index contributed by atoms with van der Waals surface area (Å²) in [4.78, 5) is 17.1. The van der Waals surface area contributed by atoms with Crippen molar-refractivity contribution < 1.29 is 4.79 Å². The number of aromatic nitrogens is 1. The van der Waals surface area contributed by atoms with Gasteiger partial charge in [-0.1, -0.05) is 0 Å². The highest BCUT2D eigenvalue weighted by atomic mass is 32.1. The van der Waals surface area contributed by atoms with E-state index >= 15 is 0 Å². The summed E-state index contributed by atoms with van der Waals surface area (Å²) < 4.78 is 1.04. The molecule has 0 unspecified atom stereocenters. The van der Waals surface area contributed by atoms with Crippen LogP contribution >= 0.6 is 11.3 Å². The zero-order valence-corrected chi connectivity index (χ0v) is 11.2. The summed E-state index contributed by atoms with van der Waals surface area (Å²) in [6, 6.07) is 2.33. The first-order chi connectivity index (χ1) is 8.56. The molecule has 0 saturated heterocycles. The Hall–Kier alpha value is -1.62. The second-order valence-corrected chi connectivity index (χ2v) is 5.87. The van der Waals surface area contributed by atoms with Crippen molar-refractivity contribution >= 4 is 33.0 Å². The molecule has 0 aromatic carbocycles. The van der Waals surface area contributed by atoms with Gasteiger partial charge in [0, 0.05) is 27.5 Å². The molecule has 94 valence electrons. The summed E-state index contributed by atoms with van der Waals surface area (Å²) in [5.74, 6) is -0.0479. The first kappa shape index (κ1) is 11.5. The number of carbonyl (C=O) groups excluding carboxylic acids is 1. The normalized spacial score (nSPS) is 15.0. The van der Waals surface area contributed by atoms with Crippen molar-refractivity contribution in [2.45, 2.75) is 32.7 Å². The molecule has 0 bridgehead atoms. The number of amides is 1. The smallest absolute Gasteiger partial charge is 0.263 e. The van der Waals surface area contributed by atoms with Gasteiger partial charge in [-0.25, -0.2) is 0 Å². The minimum absolute atomic E-state index is 0.0479. The average Bonchev–Trinajstić information content (AvgIpc) is 3.02. The molecule has 1 fully saturated rings. The Kier molecular flexibility index (Phi) is 2.52. The number of pyridine rings is 1. The Morgan fingerprint density at radius 3 is 2.89 bits per heavy atom. The van der Waals surface area contributed by atoms with Gasteiger partial charge >= 0.3 is 0 Å². The van der Waals surface area contributed by atoms with Gasteiger partial charge in [-0.15, -0.1) is 11.3 Å². The number of thiophene rings is 1. The Morgan fingerprint density at radius 2 is 2.22 bits per heavy atom. The second kappa shape index (κ2) is 3.95. The summed E-state index contributed by atoms with van der Waals surface area (Å²) in [7, 11) is 0. The van der Waals surface area contributed by atoms with Gasteiger partial charge in [-0.05, 0) is 32.8 Å². The first-order valence-corrected chi connectivity index (χ1v) is 6.85. The minimum atomic E-state index is -0.0479. The van der Waals surface area contributed by atoms with Crippen molar-refractivity contribution in [2.75, 3.05) is 5.73 Å². The SMILES string of the molecule is Cc1cc2sc(C(=O)NC3CC3)c(N)c2c(C)n1. The fourth-order valence-electron chi connectivity index (χ4n) is 2.13. The van der Waals surface area contributed by atoms with Gasteiger partial charge in [-0.3, -0.25) is 9.78 Å². The molecule has 18 heavy (non-hydrogen) atoms. The predicted molar refractivity (Wildman–Crippen MR) is 74.0 cm³/mol. The highest BCUT2D eigenvalue weighted by Gasteiger charge is 2.26. The molecule has 0 atom stereocenters. The Balaban J connectivity index is 2.09. The largest absolute Gasteiger partial charge is 0.397 e. The third kappa shape index (κ3) is 1.84. The maximum Gasteiger partial charge on any atom is 0.263 e. The average molecular weight is 261 g/mol. The lowest BCUT2D eigenvalue weighted by Gasteiger charge is -2.02. The molecule has 3 rings (SSSR count). The van der Waals surface area contributed by atoms with Gasteiger partial charge in [0.2, 0.25) is 0 Å². The molecular weight excluding hydrogens is 246 g/mol. The van der Waals surface area contributed by atoms with Gasteiger partial charge in [-0.2, -0.15) is 0 Å². The van der Waals surface area contributed by atoms with E-state index in [9.17, 15) is 4.79 Å². The molecule has 2 aromatic rings. The van der Waals surface area contributed by atoms with Crippen LogP contribution in [0.15, 0.2) is 6.07 Å². The van der Waals surface area contributed by atoms with Crippen LogP contribution in [0.1, 0.15) is 33.9 Å². The summed E-state index contributed by atoms with van der Waals surface area (Å²) >= 11 is 1.45. The number of nitrogens with two attached hydrogens (primary N) is 1. The molecule has 1 saturated carbocycles. The zero-order valence-electron chi connectivity index (χ0n) is 10.4. The number of hydrogen-bond donors (Lipinski definition) is 2. The molecule has 5 heteroatoms. The van der Waals surface area contributed by atoms with E-state index in [1.165, 1.54) is 11.3 Å².